The molecule has 0 saturated heterocycles. The highest BCUT2D eigenvalue weighted by atomic mass is 32.2. The molecule has 0 radical (unpaired) electrons. The van der Waals surface area contributed by atoms with Gasteiger partial charge in [-0.25, -0.2) is 4.39 Å². The van der Waals surface area contributed by atoms with Crippen molar-refractivity contribution in [1.82, 2.24) is 0 Å². The molecule has 0 aromatic heterocycles. The summed E-state index contributed by atoms with van der Waals surface area (Å²) in [5, 5.41) is 2.55. The minimum atomic E-state index is -0.439. The van der Waals surface area contributed by atoms with E-state index in [0.717, 1.165) is 10.5 Å². The van der Waals surface area contributed by atoms with Gasteiger partial charge in [-0.05, 0) is 36.8 Å². The van der Waals surface area contributed by atoms with Gasteiger partial charge in [-0.3, -0.25) is 4.79 Å². The number of carbonyl (C=O) groups excluding carboxylic acids is 1. The normalized spacial score (nSPS) is 10.3. The van der Waals surface area contributed by atoms with Crippen LogP contribution in [-0.4, -0.2) is 11.7 Å². The van der Waals surface area contributed by atoms with E-state index in [1.165, 1.54) is 23.9 Å². The molecule has 104 valence electrons. The molecular weight excluding hydrogens is 275 g/mol. The Morgan fingerprint density at radius 2 is 2.00 bits per heavy atom. The Hall–Kier alpha value is -2.01. The van der Waals surface area contributed by atoms with Gasteiger partial charge in [0.05, 0.1) is 11.4 Å². The second-order valence-corrected chi connectivity index (χ2v) is 5.30. The molecule has 0 unspecified atom stereocenters. The Morgan fingerprint density at radius 1 is 1.25 bits per heavy atom. The van der Waals surface area contributed by atoms with Gasteiger partial charge < -0.3 is 11.1 Å². The van der Waals surface area contributed by atoms with Crippen molar-refractivity contribution in [2.75, 3.05) is 16.8 Å². The SMILES string of the molecule is Cc1c(N)cccc1SCC(=O)Nc1ccccc1F. The molecule has 0 spiro atoms. The zero-order valence-electron chi connectivity index (χ0n) is 11.0. The highest BCUT2D eigenvalue weighted by Gasteiger charge is 2.08. The van der Waals surface area contributed by atoms with Gasteiger partial charge in [-0.15, -0.1) is 11.8 Å². The number of anilines is 2. The predicted octanol–water partition coefficient (Wildman–Crippen LogP) is 3.45. The number of benzene rings is 2. The molecule has 0 saturated carbocycles. The van der Waals surface area contributed by atoms with E-state index < -0.39 is 5.82 Å². The molecule has 5 heteroatoms. The number of hydrogen-bond donors (Lipinski definition) is 2. The Morgan fingerprint density at radius 3 is 2.75 bits per heavy atom. The summed E-state index contributed by atoms with van der Waals surface area (Å²) in [6.45, 7) is 1.91. The van der Waals surface area contributed by atoms with Crippen molar-refractivity contribution < 1.29 is 9.18 Å². The van der Waals surface area contributed by atoms with E-state index >= 15 is 0 Å². The number of halogens is 1. The zero-order valence-corrected chi connectivity index (χ0v) is 11.8. The van der Waals surface area contributed by atoms with Crippen LogP contribution in [0.1, 0.15) is 5.56 Å². The molecule has 20 heavy (non-hydrogen) atoms. The molecule has 3 nitrogen and oxygen atoms in total. The van der Waals surface area contributed by atoms with E-state index in [-0.39, 0.29) is 17.3 Å². The van der Waals surface area contributed by atoms with Crippen molar-refractivity contribution >= 4 is 29.0 Å². The monoisotopic (exact) mass is 290 g/mol. The molecule has 0 aliphatic carbocycles. The van der Waals surface area contributed by atoms with Crippen LogP contribution in [0.2, 0.25) is 0 Å². The first-order valence-corrected chi connectivity index (χ1v) is 7.09. The average Bonchev–Trinajstić information content (AvgIpc) is 2.43. The molecule has 2 rings (SSSR count). The molecule has 0 atom stereocenters. The van der Waals surface area contributed by atoms with Gasteiger partial charge in [0.15, 0.2) is 0 Å². The third-order valence-electron chi connectivity index (χ3n) is 2.83. The number of nitrogens with one attached hydrogen (secondary N) is 1. The fraction of sp³-hybridized carbons (Fsp3) is 0.133. The first kappa shape index (κ1) is 14.4. The maximum absolute atomic E-state index is 13.4. The first-order chi connectivity index (χ1) is 9.58. The maximum Gasteiger partial charge on any atom is 0.234 e. The van der Waals surface area contributed by atoms with E-state index in [0.29, 0.717) is 5.69 Å². The van der Waals surface area contributed by atoms with E-state index in [4.69, 9.17) is 5.73 Å². The maximum atomic E-state index is 13.4. The van der Waals surface area contributed by atoms with Crippen LogP contribution < -0.4 is 11.1 Å². The van der Waals surface area contributed by atoms with Crippen molar-refractivity contribution in [3.05, 3.63) is 53.8 Å². The molecule has 0 aliphatic heterocycles. The van der Waals surface area contributed by atoms with Crippen LogP contribution in [0.4, 0.5) is 15.8 Å². The summed E-state index contributed by atoms with van der Waals surface area (Å²) in [7, 11) is 0. The largest absolute Gasteiger partial charge is 0.398 e. The third-order valence-corrected chi connectivity index (χ3v) is 3.99. The number of hydrogen-bond acceptors (Lipinski definition) is 3. The lowest BCUT2D eigenvalue weighted by atomic mass is 10.2. The van der Waals surface area contributed by atoms with Gasteiger partial charge in [0.25, 0.3) is 0 Å². The van der Waals surface area contributed by atoms with Gasteiger partial charge in [-0.1, -0.05) is 18.2 Å². The molecule has 0 bridgehead atoms. The van der Waals surface area contributed by atoms with Crippen molar-refractivity contribution in [3.8, 4) is 0 Å². The fourth-order valence-electron chi connectivity index (χ4n) is 1.68. The van der Waals surface area contributed by atoms with E-state index in [1.54, 1.807) is 12.1 Å². The summed E-state index contributed by atoms with van der Waals surface area (Å²) in [5.74, 6) is -0.480. The summed E-state index contributed by atoms with van der Waals surface area (Å²) < 4.78 is 13.4. The van der Waals surface area contributed by atoms with Crippen molar-refractivity contribution in [3.63, 3.8) is 0 Å². The van der Waals surface area contributed by atoms with E-state index in [1.807, 2.05) is 25.1 Å². The Labute approximate surface area is 121 Å². The molecule has 1 amide bonds. The van der Waals surface area contributed by atoms with Gasteiger partial charge in [0.1, 0.15) is 5.82 Å². The van der Waals surface area contributed by atoms with Crippen LogP contribution in [0.3, 0.4) is 0 Å². The summed E-state index contributed by atoms with van der Waals surface area (Å²) in [5.41, 5.74) is 7.66. The Balaban J connectivity index is 1.96. The molecule has 0 heterocycles. The summed E-state index contributed by atoms with van der Waals surface area (Å²) in [4.78, 5) is 12.8. The van der Waals surface area contributed by atoms with Gasteiger partial charge in [0.2, 0.25) is 5.91 Å². The summed E-state index contributed by atoms with van der Waals surface area (Å²) >= 11 is 1.38. The first-order valence-electron chi connectivity index (χ1n) is 6.10. The van der Waals surface area contributed by atoms with Crippen LogP contribution in [0.25, 0.3) is 0 Å². The van der Waals surface area contributed by atoms with Crippen molar-refractivity contribution in [1.29, 1.82) is 0 Å². The molecular formula is C15H15FN2OS. The number of amides is 1. The number of thioether (sulfide) groups is 1. The number of nitrogens with two attached hydrogens (primary N) is 1. The fourth-order valence-corrected chi connectivity index (χ4v) is 2.55. The van der Waals surface area contributed by atoms with Gasteiger partial charge in [-0.2, -0.15) is 0 Å². The van der Waals surface area contributed by atoms with E-state index in [9.17, 15) is 9.18 Å². The second kappa shape index (κ2) is 6.43. The van der Waals surface area contributed by atoms with Crippen LogP contribution in [0.15, 0.2) is 47.4 Å². The standard InChI is InChI=1S/C15H15FN2OS/c1-10-12(17)6-4-8-14(10)20-9-15(19)18-13-7-3-2-5-11(13)16/h2-8H,9,17H2,1H3,(H,18,19). The molecule has 0 aliphatic rings. The number of para-hydroxylation sites is 1. The minimum Gasteiger partial charge on any atom is -0.398 e. The lowest BCUT2D eigenvalue weighted by molar-refractivity contribution is -0.113. The lowest BCUT2D eigenvalue weighted by Gasteiger charge is -2.09. The highest BCUT2D eigenvalue weighted by Crippen LogP contribution is 2.26. The zero-order chi connectivity index (χ0) is 14.5. The van der Waals surface area contributed by atoms with Crippen LogP contribution >= 0.6 is 11.8 Å². The quantitative estimate of drug-likeness (QED) is 0.670. The van der Waals surface area contributed by atoms with Crippen LogP contribution in [-0.2, 0) is 4.79 Å². The molecule has 0 fully saturated rings. The summed E-state index contributed by atoms with van der Waals surface area (Å²) in [6.07, 6.45) is 0. The van der Waals surface area contributed by atoms with E-state index in [2.05, 4.69) is 5.32 Å². The lowest BCUT2D eigenvalue weighted by Crippen LogP contribution is -2.15. The number of nitrogen functional groups attached to an aromatic ring is 1. The van der Waals surface area contributed by atoms with Crippen molar-refractivity contribution in [2.45, 2.75) is 11.8 Å². The Kier molecular flexibility index (Phi) is 4.63. The predicted molar refractivity (Wildman–Crippen MR) is 81.3 cm³/mol. The molecule has 2 aromatic rings. The highest BCUT2D eigenvalue weighted by molar-refractivity contribution is 8.00. The van der Waals surface area contributed by atoms with Crippen LogP contribution in [0.5, 0.6) is 0 Å². The second-order valence-electron chi connectivity index (χ2n) is 4.29. The number of rotatable bonds is 4. The average molecular weight is 290 g/mol. The minimum absolute atomic E-state index is 0.197. The summed E-state index contributed by atoms with van der Waals surface area (Å²) in [6, 6.07) is 11.7. The van der Waals surface area contributed by atoms with Gasteiger partial charge in [0, 0.05) is 10.6 Å². The van der Waals surface area contributed by atoms with Crippen LogP contribution in [0, 0.1) is 12.7 Å². The third kappa shape index (κ3) is 3.51. The van der Waals surface area contributed by atoms with Crippen molar-refractivity contribution in [2.24, 2.45) is 0 Å². The molecule has 3 N–H and O–H groups in total. The van der Waals surface area contributed by atoms with Gasteiger partial charge >= 0.3 is 0 Å². The number of carbonyl (C=O) groups is 1. The Bertz CT molecular complexity index is 631. The molecule has 2 aromatic carbocycles. The smallest absolute Gasteiger partial charge is 0.234 e. The topological polar surface area (TPSA) is 55.1 Å².